The van der Waals surface area contributed by atoms with Gasteiger partial charge in [-0.1, -0.05) is 12.2 Å². The zero-order valence-electron chi connectivity index (χ0n) is 6.70. The Hall–Kier alpha value is -0.590. The highest BCUT2D eigenvalue weighted by molar-refractivity contribution is 5.59. The van der Waals surface area contributed by atoms with Crippen molar-refractivity contribution in [1.82, 2.24) is 0 Å². The van der Waals surface area contributed by atoms with Crippen LogP contribution in [0, 0.1) is 17.8 Å². The third kappa shape index (κ3) is 1.24. The number of hydrogen-bond acceptors (Lipinski definition) is 1. The van der Waals surface area contributed by atoms with Crippen molar-refractivity contribution < 1.29 is 4.79 Å². The normalized spacial score (nSPS) is 44.9. The molecule has 1 unspecified atom stereocenters. The summed E-state index contributed by atoms with van der Waals surface area (Å²) in [4.78, 5) is 10.5. The summed E-state index contributed by atoms with van der Waals surface area (Å²) in [5.74, 6) is 1.92. The predicted molar refractivity (Wildman–Crippen MR) is 44.1 cm³/mol. The van der Waals surface area contributed by atoms with Crippen LogP contribution < -0.4 is 0 Å². The summed E-state index contributed by atoms with van der Waals surface area (Å²) in [5.41, 5.74) is 0. The van der Waals surface area contributed by atoms with Gasteiger partial charge in [-0.05, 0) is 37.5 Å². The number of allylic oxidation sites excluding steroid dienone is 2. The first-order chi connectivity index (χ1) is 5.43. The maximum Gasteiger partial charge on any atom is 0.123 e. The third-order valence-electron chi connectivity index (χ3n) is 3.05. The van der Waals surface area contributed by atoms with Gasteiger partial charge in [-0.3, -0.25) is 0 Å². The molecule has 0 amide bonds. The average Bonchev–Trinajstić information content (AvgIpc) is 2.60. The van der Waals surface area contributed by atoms with Crippen LogP contribution in [0.25, 0.3) is 0 Å². The number of carbonyl (C=O) groups excluding carboxylic acids is 1. The molecule has 0 spiro atoms. The predicted octanol–water partition coefficient (Wildman–Crippen LogP) is 2.18. The maximum absolute atomic E-state index is 10.5. The summed E-state index contributed by atoms with van der Waals surface area (Å²) in [6.45, 7) is 0. The van der Waals surface area contributed by atoms with Crippen molar-refractivity contribution in [3.63, 3.8) is 0 Å². The van der Waals surface area contributed by atoms with Gasteiger partial charge in [0.2, 0.25) is 0 Å². The van der Waals surface area contributed by atoms with Crippen LogP contribution >= 0.6 is 0 Å². The van der Waals surface area contributed by atoms with E-state index in [2.05, 4.69) is 12.2 Å². The van der Waals surface area contributed by atoms with Crippen molar-refractivity contribution in [3.05, 3.63) is 12.2 Å². The van der Waals surface area contributed by atoms with Crippen molar-refractivity contribution in [2.24, 2.45) is 17.8 Å². The molecular weight excluding hydrogens is 136 g/mol. The first kappa shape index (κ1) is 7.08. The molecule has 3 atom stereocenters. The quantitative estimate of drug-likeness (QED) is 0.413. The molecule has 0 N–H and O–H groups in total. The first-order valence-electron chi connectivity index (χ1n) is 4.54. The molecule has 2 rings (SSSR count). The zero-order valence-corrected chi connectivity index (χ0v) is 6.70. The van der Waals surface area contributed by atoms with Crippen LogP contribution in [0.5, 0.6) is 0 Å². The van der Waals surface area contributed by atoms with Gasteiger partial charge in [0.15, 0.2) is 0 Å². The summed E-state index contributed by atoms with van der Waals surface area (Å²) in [7, 11) is 0. The zero-order chi connectivity index (χ0) is 7.68. The highest BCUT2D eigenvalue weighted by Crippen LogP contribution is 2.51. The number of rotatable bonds is 1. The molecule has 0 aliphatic heterocycles. The van der Waals surface area contributed by atoms with Crippen LogP contribution in [0.2, 0.25) is 0 Å². The van der Waals surface area contributed by atoms with E-state index < -0.39 is 0 Å². The smallest absolute Gasteiger partial charge is 0.123 e. The Kier molecular flexibility index (Phi) is 1.80. The van der Waals surface area contributed by atoms with E-state index in [0.29, 0.717) is 5.92 Å². The molecule has 0 saturated heterocycles. The van der Waals surface area contributed by atoms with E-state index in [0.717, 1.165) is 11.8 Å². The Morgan fingerprint density at radius 2 is 1.64 bits per heavy atom. The Morgan fingerprint density at radius 1 is 1.09 bits per heavy atom. The highest BCUT2D eigenvalue weighted by atomic mass is 16.1. The van der Waals surface area contributed by atoms with Crippen LogP contribution in [0.4, 0.5) is 0 Å². The summed E-state index contributed by atoms with van der Waals surface area (Å²) < 4.78 is 0. The molecular formula is C10H14O. The van der Waals surface area contributed by atoms with E-state index in [1.165, 1.54) is 32.0 Å². The molecule has 0 aromatic carbocycles. The van der Waals surface area contributed by atoms with E-state index in [4.69, 9.17) is 0 Å². The second-order valence-corrected chi connectivity index (χ2v) is 3.67. The Morgan fingerprint density at radius 3 is 2.09 bits per heavy atom. The fraction of sp³-hybridized carbons (Fsp3) is 0.700. The van der Waals surface area contributed by atoms with E-state index in [1.54, 1.807) is 0 Å². The molecule has 0 aromatic heterocycles. The molecule has 1 heteroatoms. The van der Waals surface area contributed by atoms with Gasteiger partial charge in [0.1, 0.15) is 6.29 Å². The van der Waals surface area contributed by atoms with Crippen molar-refractivity contribution >= 4 is 6.29 Å². The fourth-order valence-corrected chi connectivity index (χ4v) is 2.30. The van der Waals surface area contributed by atoms with Crippen LogP contribution in [0.3, 0.4) is 0 Å². The van der Waals surface area contributed by atoms with Gasteiger partial charge < -0.3 is 4.79 Å². The number of aldehydes is 1. The molecule has 1 fully saturated rings. The van der Waals surface area contributed by atoms with E-state index in [9.17, 15) is 4.79 Å². The lowest BCUT2D eigenvalue weighted by atomic mass is 10.1. The molecule has 2 aliphatic rings. The third-order valence-corrected chi connectivity index (χ3v) is 3.05. The molecule has 1 nitrogen and oxygen atoms in total. The average molecular weight is 150 g/mol. The van der Waals surface area contributed by atoms with Crippen molar-refractivity contribution in [3.8, 4) is 0 Å². The molecule has 11 heavy (non-hydrogen) atoms. The largest absolute Gasteiger partial charge is 0.303 e. The molecule has 2 aliphatic carbocycles. The molecule has 0 radical (unpaired) electrons. The standard InChI is InChI=1S/C10H14O/c11-7-10-8-5-3-1-2-4-6-9(8)10/h1-2,7-10H,3-6H2/b2-1-/t8-,9+,10?. The molecule has 1 saturated carbocycles. The van der Waals surface area contributed by atoms with Crippen molar-refractivity contribution in [2.75, 3.05) is 0 Å². The van der Waals surface area contributed by atoms with Crippen LogP contribution in [-0.4, -0.2) is 6.29 Å². The fourth-order valence-electron chi connectivity index (χ4n) is 2.30. The monoisotopic (exact) mass is 150 g/mol. The SMILES string of the molecule is O=CC1[C@H]2CC/C=C\CC[C@@H]12. The lowest BCUT2D eigenvalue weighted by Crippen LogP contribution is -1.85. The van der Waals surface area contributed by atoms with Gasteiger partial charge in [-0.2, -0.15) is 0 Å². The minimum Gasteiger partial charge on any atom is -0.303 e. The molecule has 0 aromatic rings. The highest BCUT2D eigenvalue weighted by Gasteiger charge is 2.48. The summed E-state index contributed by atoms with van der Waals surface area (Å²) >= 11 is 0. The van der Waals surface area contributed by atoms with Crippen molar-refractivity contribution in [1.29, 1.82) is 0 Å². The Balaban J connectivity index is 1.96. The van der Waals surface area contributed by atoms with E-state index >= 15 is 0 Å². The minimum absolute atomic E-state index is 0.426. The second-order valence-electron chi connectivity index (χ2n) is 3.67. The second kappa shape index (κ2) is 2.80. The van der Waals surface area contributed by atoms with Gasteiger partial charge in [0, 0.05) is 5.92 Å². The number of carbonyl (C=O) groups is 1. The molecule has 0 bridgehead atoms. The van der Waals surface area contributed by atoms with Crippen LogP contribution in [0.1, 0.15) is 25.7 Å². The van der Waals surface area contributed by atoms with E-state index in [1.807, 2.05) is 0 Å². The van der Waals surface area contributed by atoms with Gasteiger partial charge in [-0.25, -0.2) is 0 Å². The van der Waals surface area contributed by atoms with Crippen molar-refractivity contribution in [2.45, 2.75) is 25.7 Å². The summed E-state index contributed by atoms with van der Waals surface area (Å²) in [6.07, 6.45) is 10.5. The van der Waals surface area contributed by atoms with Gasteiger partial charge in [0.05, 0.1) is 0 Å². The Bertz CT molecular complexity index is 167. The minimum atomic E-state index is 0.426. The van der Waals surface area contributed by atoms with Gasteiger partial charge in [0.25, 0.3) is 0 Å². The summed E-state index contributed by atoms with van der Waals surface area (Å²) in [6, 6.07) is 0. The van der Waals surface area contributed by atoms with Crippen LogP contribution in [0.15, 0.2) is 12.2 Å². The lowest BCUT2D eigenvalue weighted by molar-refractivity contribution is -0.109. The first-order valence-corrected chi connectivity index (χ1v) is 4.54. The number of fused-ring (bicyclic) bond motifs is 1. The summed E-state index contributed by atoms with van der Waals surface area (Å²) in [5, 5.41) is 0. The maximum atomic E-state index is 10.5. The molecule has 60 valence electrons. The molecule has 0 heterocycles. The lowest BCUT2D eigenvalue weighted by Gasteiger charge is -1.99. The Labute approximate surface area is 67.5 Å². The van der Waals surface area contributed by atoms with Crippen LogP contribution in [-0.2, 0) is 4.79 Å². The van der Waals surface area contributed by atoms with Gasteiger partial charge in [-0.15, -0.1) is 0 Å². The number of hydrogen-bond donors (Lipinski definition) is 0. The van der Waals surface area contributed by atoms with E-state index in [-0.39, 0.29) is 0 Å². The topological polar surface area (TPSA) is 17.1 Å². The van der Waals surface area contributed by atoms with Gasteiger partial charge >= 0.3 is 0 Å².